The zero-order valence-electron chi connectivity index (χ0n) is 15.9. The van der Waals surface area contributed by atoms with Gasteiger partial charge in [-0.05, 0) is 43.6 Å². The molecule has 2 amide bonds. The maximum Gasteiger partial charge on any atom is 0.256 e. The molecule has 3 aliphatic carbocycles. The fraction of sp³-hybridized carbons (Fsp3) is 0.667. The van der Waals surface area contributed by atoms with Gasteiger partial charge in [-0.25, -0.2) is 4.98 Å². The van der Waals surface area contributed by atoms with Crippen LogP contribution in [0.1, 0.15) is 73.0 Å². The Hall–Kier alpha value is -2.11. The van der Waals surface area contributed by atoms with E-state index in [1.165, 1.54) is 32.1 Å². The van der Waals surface area contributed by atoms with E-state index in [1.807, 2.05) is 11.0 Å². The number of carbonyl (C=O) groups excluding carboxylic acids is 2. The number of pyridine rings is 1. The van der Waals surface area contributed by atoms with Crippen molar-refractivity contribution in [3.63, 3.8) is 0 Å². The summed E-state index contributed by atoms with van der Waals surface area (Å²) < 4.78 is 5.46. The highest BCUT2D eigenvalue weighted by molar-refractivity contribution is 5.98. The van der Waals surface area contributed by atoms with Gasteiger partial charge in [0.25, 0.3) is 5.91 Å². The van der Waals surface area contributed by atoms with E-state index in [1.54, 1.807) is 7.11 Å². The minimum atomic E-state index is 0.0789. The van der Waals surface area contributed by atoms with Gasteiger partial charge < -0.3 is 15.0 Å². The largest absolute Gasteiger partial charge is 0.481 e. The van der Waals surface area contributed by atoms with Crippen molar-refractivity contribution >= 4 is 11.8 Å². The Morgan fingerprint density at radius 1 is 1.33 bits per heavy atom. The fourth-order valence-electron chi connectivity index (χ4n) is 5.29. The van der Waals surface area contributed by atoms with Crippen LogP contribution in [0.4, 0.5) is 0 Å². The maximum absolute atomic E-state index is 12.9. The average molecular weight is 369 g/mol. The Labute approximate surface area is 159 Å². The molecule has 27 heavy (non-hydrogen) atoms. The Morgan fingerprint density at radius 3 is 2.74 bits per heavy atom. The molecule has 3 saturated carbocycles. The molecule has 1 aromatic heterocycles. The lowest BCUT2D eigenvalue weighted by Crippen LogP contribution is -2.33. The number of methoxy groups -OCH3 is 1. The summed E-state index contributed by atoms with van der Waals surface area (Å²) in [4.78, 5) is 31.9. The highest BCUT2D eigenvalue weighted by Crippen LogP contribution is 2.65. The first-order valence-corrected chi connectivity index (χ1v) is 10.3. The predicted octanol–water partition coefficient (Wildman–Crippen LogP) is 2.80. The summed E-state index contributed by atoms with van der Waals surface area (Å²) in [6.45, 7) is 0.942. The van der Waals surface area contributed by atoms with Crippen LogP contribution in [-0.4, -0.2) is 34.8 Å². The first-order chi connectivity index (χ1) is 13.1. The quantitative estimate of drug-likeness (QED) is 0.866. The predicted molar refractivity (Wildman–Crippen MR) is 99.2 cm³/mol. The zero-order valence-corrected chi connectivity index (χ0v) is 15.9. The normalized spacial score (nSPS) is 25.4. The number of ether oxygens (including phenoxy) is 1. The van der Waals surface area contributed by atoms with E-state index in [9.17, 15) is 9.59 Å². The van der Waals surface area contributed by atoms with E-state index in [-0.39, 0.29) is 17.7 Å². The molecule has 3 fully saturated rings. The van der Waals surface area contributed by atoms with Crippen LogP contribution in [0, 0.1) is 11.3 Å². The van der Waals surface area contributed by atoms with Crippen LogP contribution in [0.5, 0.6) is 5.88 Å². The summed E-state index contributed by atoms with van der Waals surface area (Å²) in [5.74, 6) is 0.912. The molecular weight excluding hydrogens is 342 g/mol. The molecule has 0 bridgehead atoms. The number of hydrogen-bond acceptors (Lipinski definition) is 4. The molecule has 2 heterocycles. The van der Waals surface area contributed by atoms with Crippen molar-refractivity contribution in [3.05, 3.63) is 22.9 Å². The summed E-state index contributed by atoms with van der Waals surface area (Å²) >= 11 is 0. The minimum Gasteiger partial charge on any atom is -0.481 e. The number of fused-ring (bicyclic) bond motifs is 1. The van der Waals surface area contributed by atoms with Crippen LogP contribution in [0.2, 0.25) is 0 Å². The van der Waals surface area contributed by atoms with Crippen molar-refractivity contribution in [1.29, 1.82) is 0 Å². The topological polar surface area (TPSA) is 71.5 Å². The summed E-state index contributed by atoms with van der Waals surface area (Å²) in [5, 5.41) is 3.05. The SMILES string of the molecule is COc1nc2c(cc1CNC(=O)[C@@H]1CC13CCC3)C(=O)N(C1CCCC1)C2. The van der Waals surface area contributed by atoms with Gasteiger partial charge in [-0.15, -0.1) is 0 Å². The Morgan fingerprint density at radius 2 is 2.11 bits per heavy atom. The van der Waals surface area contributed by atoms with Crippen molar-refractivity contribution < 1.29 is 14.3 Å². The monoisotopic (exact) mass is 369 g/mol. The van der Waals surface area contributed by atoms with Gasteiger partial charge in [0.1, 0.15) is 0 Å². The van der Waals surface area contributed by atoms with E-state index in [0.717, 1.165) is 30.5 Å². The third kappa shape index (κ3) is 2.72. The first kappa shape index (κ1) is 17.0. The molecule has 0 radical (unpaired) electrons. The van der Waals surface area contributed by atoms with Gasteiger partial charge in [0.15, 0.2) is 0 Å². The molecule has 4 aliphatic rings. The van der Waals surface area contributed by atoms with Crippen LogP contribution >= 0.6 is 0 Å². The first-order valence-electron chi connectivity index (χ1n) is 10.3. The highest BCUT2D eigenvalue weighted by atomic mass is 16.5. The lowest BCUT2D eigenvalue weighted by Gasteiger charge is -2.26. The van der Waals surface area contributed by atoms with Gasteiger partial charge in [0, 0.05) is 24.1 Å². The van der Waals surface area contributed by atoms with Crippen molar-refractivity contribution in [1.82, 2.24) is 15.2 Å². The van der Waals surface area contributed by atoms with Crippen LogP contribution in [0.15, 0.2) is 6.07 Å². The molecule has 5 rings (SSSR count). The van der Waals surface area contributed by atoms with Gasteiger partial charge in [0.05, 0.1) is 24.9 Å². The van der Waals surface area contributed by atoms with E-state index < -0.39 is 0 Å². The molecule has 0 aromatic carbocycles. The molecule has 6 nitrogen and oxygen atoms in total. The Balaban J connectivity index is 1.30. The van der Waals surface area contributed by atoms with Gasteiger partial charge in [-0.3, -0.25) is 9.59 Å². The van der Waals surface area contributed by atoms with Gasteiger partial charge in [0.2, 0.25) is 11.8 Å². The summed E-state index contributed by atoms with van der Waals surface area (Å²) in [6.07, 6.45) is 9.24. The summed E-state index contributed by atoms with van der Waals surface area (Å²) in [5.41, 5.74) is 2.58. The second-order valence-electron chi connectivity index (χ2n) is 8.71. The molecule has 6 heteroatoms. The molecular formula is C21H27N3O3. The Bertz CT molecular complexity index is 796. The van der Waals surface area contributed by atoms with Crippen molar-refractivity contribution in [3.8, 4) is 5.88 Å². The van der Waals surface area contributed by atoms with Crippen LogP contribution in [-0.2, 0) is 17.9 Å². The molecule has 1 aliphatic heterocycles. The number of nitrogens with zero attached hydrogens (tertiary/aromatic N) is 2. The number of rotatable bonds is 5. The van der Waals surface area contributed by atoms with Crippen molar-refractivity contribution in [2.75, 3.05) is 7.11 Å². The minimum absolute atomic E-state index is 0.0789. The summed E-state index contributed by atoms with van der Waals surface area (Å²) in [7, 11) is 1.59. The van der Waals surface area contributed by atoms with Crippen LogP contribution in [0.3, 0.4) is 0 Å². The third-order valence-electron chi connectivity index (χ3n) is 7.22. The number of amides is 2. The molecule has 1 spiro atoms. The molecule has 0 saturated heterocycles. The van der Waals surface area contributed by atoms with Crippen LogP contribution < -0.4 is 10.1 Å². The second kappa shape index (κ2) is 6.21. The molecule has 1 aromatic rings. The van der Waals surface area contributed by atoms with E-state index in [0.29, 0.717) is 36.0 Å². The Kier molecular flexibility index (Phi) is 3.92. The smallest absolute Gasteiger partial charge is 0.256 e. The lowest BCUT2D eigenvalue weighted by atomic mass is 9.80. The number of hydrogen-bond donors (Lipinski definition) is 1. The maximum atomic E-state index is 12.9. The number of aromatic nitrogens is 1. The summed E-state index contributed by atoms with van der Waals surface area (Å²) in [6, 6.07) is 2.22. The molecule has 0 unspecified atom stereocenters. The van der Waals surface area contributed by atoms with E-state index in [2.05, 4.69) is 10.3 Å². The van der Waals surface area contributed by atoms with Crippen molar-refractivity contribution in [2.45, 2.75) is 70.5 Å². The lowest BCUT2D eigenvalue weighted by molar-refractivity contribution is -0.123. The third-order valence-corrected chi connectivity index (χ3v) is 7.22. The van der Waals surface area contributed by atoms with Gasteiger partial charge in [-0.2, -0.15) is 0 Å². The number of nitrogens with one attached hydrogen (secondary N) is 1. The van der Waals surface area contributed by atoms with Crippen molar-refractivity contribution in [2.24, 2.45) is 11.3 Å². The zero-order chi connectivity index (χ0) is 18.6. The average Bonchev–Trinajstić information content (AvgIpc) is 3.06. The fourth-order valence-corrected chi connectivity index (χ4v) is 5.29. The second-order valence-corrected chi connectivity index (χ2v) is 8.71. The highest BCUT2D eigenvalue weighted by Gasteiger charge is 2.60. The molecule has 1 atom stereocenters. The van der Waals surface area contributed by atoms with Crippen LogP contribution in [0.25, 0.3) is 0 Å². The molecule has 144 valence electrons. The number of carbonyl (C=O) groups is 2. The molecule has 1 N–H and O–H groups in total. The van der Waals surface area contributed by atoms with E-state index in [4.69, 9.17) is 4.74 Å². The van der Waals surface area contributed by atoms with Gasteiger partial charge >= 0.3 is 0 Å². The van der Waals surface area contributed by atoms with Gasteiger partial charge in [-0.1, -0.05) is 19.3 Å². The van der Waals surface area contributed by atoms with E-state index >= 15 is 0 Å². The standard InChI is InChI=1S/C21H27N3O3/c1-27-19-13(11-22-18(25)16-10-21(16)7-4-8-21)9-15-17(23-19)12-24(20(15)26)14-5-2-3-6-14/h9,14,16H,2-8,10-12H2,1H3,(H,22,25)/t16-/m0/s1.